The molecule has 0 aromatic heterocycles. The first-order valence-electron chi connectivity index (χ1n) is 5.27. The third-order valence-electron chi connectivity index (χ3n) is 2.60. The molecule has 0 spiro atoms. The fraction of sp³-hybridized carbons (Fsp3) is 0.0769. The number of hydrogen-bond acceptors (Lipinski definition) is 2. The van der Waals surface area contributed by atoms with Gasteiger partial charge >= 0.3 is 115 Å². The van der Waals surface area contributed by atoms with Crippen LogP contribution in [0.2, 0.25) is 5.02 Å². The molecule has 2 aromatic rings. The van der Waals surface area contributed by atoms with Gasteiger partial charge in [-0.1, -0.05) is 0 Å². The number of ether oxygens (including phenoxy) is 1. The standard InChI is InChI=1S/C7H7O.C6H4Cl.H2O.O.Sb/c1-8-7-5-3-2-4-6-7;7-6-4-2-1-3-5-6;;;/h3-6H,1H3;2-5H;1H2;;/q;;;;+1/p-1. The van der Waals surface area contributed by atoms with Gasteiger partial charge < -0.3 is 0 Å². The molecule has 5 heteroatoms. The summed E-state index contributed by atoms with van der Waals surface area (Å²) in [6, 6.07) is 13.1. The van der Waals surface area contributed by atoms with E-state index in [0.29, 0.717) is 17.8 Å². The van der Waals surface area contributed by atoms with Crippen molar-refractivity contribution in [2.24, 2.45) is 0 Å². The summed E-state index contributed by atoms with van der Waals surface area (Å²) in [5, 5.41) is 0.550. The molecule has 3 nitrogen and oxygen atoms in total. The van der Waals surface area contributed by atoms with Crippen molar-refractivity contribution < 1.29 is 11.1 Å². The van der Waals surface area contributed by atoms with Gasteiger partial charge in [-0.2, -0.15) is 0 Å². The Bertz CT molecular complexity index is 578. The van der Waals surface area contributed by atoms with E-state index in [-0.39, 0.29) is 0 Å². The molecular formula is C13H12ClO3Sb. The van der Waals surface area contributed by atoms with Gasteiger partial charge in [-0.25, -0.2) is 0 Å². The van der Waals surface area contributed by atoms with Crippen LogP contribution < -0.4 is 11.8 Å². The molecular weight excluding hydrogens is 361 g/mol. The molecule has 1 unspecified atom stereocenters. The average Bonchev–Trinajstić information content (AvgIpc) is 2.39. The van der Waals surface area contributed by atoms with E-state index in [1.165, 1.54) is 0 Å². The van der Waals surface area contributed by atoms with Crippen LogP contribution >= 0.6 is 11.6 Å². The first-order chi connectivity index (χ1) is 8.54. The topological polar surface area (TPSA) is 46.5 Å². The van der Waals surface area contributed by atoms with Crippen molar-refractivity contribution in [1.82, 2.24) is 0 Å². The first kappa shape index (κ1) is 13.5. The van der Waals surface area contributed by atoms with Gasteiger partial charge in [0.25, 0.3) is 0 Å². The van der Waals surface area contributed by atoms with Gasteiger partial charge in [0.1, 0.15) is 0 Å². The molecule has 2 rings (SSSR count). The van der Waals surface area contributed by atoms with Crippen LogP contribution in [0.1, 0.15) is 0 Å². The van der Waals surface area contributed by atoms with Crippen LogP contribution in [0.4, 0.5) is 0 Å². The van der Waals surface area contributed by atoms with Crippen molar-refractivity contribution >= 4 is 37.8 Å². The molecule has 0 aliphatic heterocycles. The SMILES string of the molecule is COc1cc[c]([Sb](=[O])([OH])[c]2ccc(Cl)cc2)cc1. The Morgan fingerprint density at radius 2 is 1.44 bits per heavy atom. The molecule has 94 valence electrons. The van der Waals surface area contributed by atoms with Crippen molar-refractivity contribution in [3.8, 4) is 5.75 Å². The van der Waals surface area contributed by atoms with Gasteiger partial charge in [0.15, 0.2) is 0 Å². The van der Waals surface area contributed by atoms with Crippen LogP contribution in [0.5, 0.6) is 5.75 Å². The quantitative estimate of drug-likeness (QED) is 0.826. The van der Waals surface area contributed by atoms with Crippen molar-refractivity contribution in [3.63, 3.8) is 0 Å². The zero-order chi connectivity index (χ0) is 13.2. The van der Waals surface area contributed by atoms with E-state index in [9.17, 15) is 6.40 Å². The molecule has 0 aliphatic carbocycles. The van der Waals surface area contributed by atoms with Crippen molar-refractivity contribution in [2.45, 2.75) is 0 Å². The number of benzene rings is 2. The molecule has 0 saturated carbocycles. The van der Waals surface area contributed by atoms with Gasteiger partial charge in [-0.05, 0) is 0 Å². The molecule has 0 fully saturated rings. The summed E-state index contributed by atoms with van der Waals surface area (Å²) in [6.07, 6.45) is 0. The normalized spacial score (nSPS) is 13.9. The van der Waals surface area contributed by atoms with Crippen molar-refractivity contribution in [1.29, 1.82) is 0 Å². The van der Waals surface area contributed by atoms with Crippen molar-refractivity contribution in [2.75, 3.05) is 7.11 Å². The summed E-state index contributed by atoms with van der Waals surface area (Å²) in [7, 11) is 1.56. The minimum atomic E-state index is -4.58. The predicted molar refractivity (Wildman–Crippen MR) is 72.4 cm³/mol. The molecule has 2 aromatic carbocycles. The monoisotopic (exact) mass is 372 g/mol. The van der Waals surface area contributed by atoms with Gasteiger partial charge in [0.05, 0.1) is 0 Å². The Hall–Kier alpha value is -0.892. The summed E-state index contributed by atoms with van der Waals surface area (Å²) in [6.45, 7) is 0. The molecule has 0 heterocycles. The Labute approximate surface area is 115 Å². The van der Waals surface area contributed by atoms with E-state index in [4.69, 9.17) is 16.3 Å². The van der Waals surface area contributed by atoms with Gasteiger partial charge in [-0.3, -0.25) is 0 Å². The van der Waals surface area contributed by atoms with E-state index in [0.717, 1.165) is 0 Å². The van der Waals surface area contributed by atoms with E-state index in [1.54, 1.807) is 55.6 Å². The molecule has 0 saturated heterocycles. The summed E-state index contributed by atoms with van der Waals surface area (Å²) in [4.78, 5) is 0. The summed E-state index contributed by atoms with van der Waals surface area (Å²) >= 11 is 1.19. The van der Waals surface area contributed by atoms with Crippen LogP contribution in [-0.2, 0) is 3.02 Å². The Morgan fingerprint density at radius 3 is 1.89 bits per heavy atom. The molecule has 0 aliphatic rings. The Kier molecular flexibility index (Phi) is 4.06. The molecule has 1 N–H and O–H groups in total. The minimum absolute atomic E-state index is 0.447. The van der Waals surface area contributed by atoms with Gasteiger partial charge in [0, 0.05) is 0 Å². The molecule has 0 amide bonds. The molecule has 0 radical (unpaired) electrons. The summed E-state index contributed by atoms with van der Waals surface area (Å²) in [5.74, 6) is 0.662. The van der Waals surface area contributed by atoms with Crippen LogP contribution in [0.3, 0.4) is 0 Å². The second-order valence-electron chi connectivity index (χ2n) is 3.75. The zero-order valence-electron chi connectivity index (χ0n) is 9.71. The zero-order valence-corrected chi connectivity index (χ0v) is 13.0. The van der Waals surface area contributed by atoms with E-state index >= 15 is 0 Å². The third-order valence-corrected chi connectivity index (χ3v) is 8.55. The van der Waals surface area contributed by atoms with Gasteiger partial charge in [0.2, 0.25) is 0 Å². The Balaban J connectivity index is 2.40. The molecule has 0 bridgehead atoms. The number of hydrogen-bond donors (Lipinski definition) is 1. The second-order valence-corrected chi connectivity index (χ2v) is 10.4. The number of rotatable bonds is 3. The van der Waals surface area contributed by atoms with E-state index in [2.05, 4.69) is 0 Å². The van der Waals surface area contributed by atoms with E-state index in [1.807, 2.05) is 0 Å². The molecule has 1 atom stereocenters. The van der Waals surface area contributed by atoms with E-state index < -0.39 is 19.2 Å². The van der Waals surface area contributed by atoms with Crippen LogP contribution in [-0.4, -0.2) is 29.7 Å². The second kappa shape index (κ2) is 5.39. The third kappa shape index (κ3) is 2.74. The number of halogens is 1. The number of methoxy groups -OCH3 is 1. The maximum absolute atomic E-state index is 12.5. The first-order valence-corrected chi connectivity index (χ1v) is 10.4. The summed E-state index contributed by atoms with van der Waals surface area (Å²) < 4.78 is 28.7. The average molecular weight is 373 g/mol. The van der Waals surface area contributed by atoms with Crippen molar-refractivity contribution in [3.05, 3.63) is 53.6 Å². The van der Waals surface area contributed by atoms with Crippen LogP contribution in [0, 0.1) is 0 Å². The van der Waals surface area contributed by atoms with Crippen LogP contribution in [0.25, 0.3) is 0 Å². The van der Waals surface area contributed by atoms with Crippen LogP contribution in [0.15, 0.2) is 48.5 Å². The van der Waals surface area contributed by atoms with Gasteiger partial charge in [-0.15, -0.1) is 0 Å². The molecule has 18 heavy (non-hydrogen) atoms. The summed E-state index contributed by atoms with van der Waals surface area (Å²) in [5.41, 5.74) is 0. The fourth-order valence-corrected chi connectivity index (χ4v) is 5.71. The fourth-order valence-electron chi connectivity index (χ4n) is 1.58. The maximum atomic E-state index is 12.5. The Morgan fingerprint density at radius 1 is 1.00 bits per heavy atom. The predicted octanol–water partition coefficient (Wildman–Crippen LogP) is 1.33.